The van der Waals surface area contributed by atoms with Crippen molar-refractivity contribution in [3.05, 3.63) is 29.8 Å². The highest BCUT2D eigenvalue weighted by Crippen LogP contribution is 2.19. The van der Waals surface area contributed by atoms with Crippen LogP contribution < -0.4 is 11.1 Å². The Morgan fingerprint density at radius 2 is 1.94 bits per heavy atom. The topological polar surface area (TPSA) is 55.1 Å². The standard InChI is InChI=1S/C14H22N2OS/c1-10(12-4-6-13(15)7-5-12)8-14(17)16-9-11(2)18-3/h4-7,10-11H,8-9,15H2,1-3H3,(H,16,17). The van der Waals surface area contributed by atoms with Crippen LogP contribution >= 0.6 is 11.8 Å². The maximum absolute atomic E-state index is 11.8. The second-order valence-electron chi connectivity index (χ2n) is 4.62. The molecule has 1 aromatic carbocycles. The van der Waals surface area contributed by atoms with Gasteiger partial charge in [0, 0.05) is 23.9 Å². The molecule has 1 rings (SSSR count). The molecule has 0 aliphatic carbocycles. The lowest BCUT2D eigenvalue weighted by Gasteiger charge is -2.14. The molecule has 0 saturated carbocycles. The van der Waals surface area contributed by atoms with Crippen molar-refractivity contribution in [2.24, 2.45) is 0 Å². The molecule has 1 amide bonds. The summed E-state index contributed by atoms with van der Waals surface area (Å²) in [4.78, 5) is 11.8. The number of thioether (sulfide) groups is 1. The average Bonchev–Trinajstić information content (AvgIpc) is 2.36. The second-order valence-corrected chi connectivity index (χ2v) is 5.90. The normalized spacial score (nSPS) is 13.9. The van der Waals surface area contributed by atoms with Crippen LogP contribution in [-0.4, -0.2) is 24.0 Å². The summed E-state index contributed by atoms with van der Waals surface area (Å²) in [6, 6.07) is 7.72. The molecule has 4 heteroatoms. The Balaban J connectivity index is 2.42. The van der Waals surface area contributed by atoms with E-state index in [1.807, 2.05) is 30.5 Å². The predicted octanol–water partition coefficient (Wildman–Crippen LogP) is 2.63. The first-order valence-electron chi connectivity index (χ1n) is 6.18. The highest BCUT2D eigenvalue weighted by Gasteiger charge is 2.11. The smallest absolute Gasteiger partial charge is 0.220 e. The van der Waals surface area contributed by atoms with E-state index in [9.17, 15) is 4.79 Å². The molecular weight excluding hydrogens is 244 g/mol. The predicted molar refractivity (Wildman–Crippen MR) is 79.9 cm³/mol. The van der Waals surface area contributed by atoms with Gasteiger partial charge in [0.05, 0.1) is 0 Å². The average molecular weight is 266 g/mol. The molecule has 3 N–H and O–H groups in total. The van der Waals surface area contributed by atoms with Gasteiger partial charge in [-0.3, -0.25) is 4.79 Å². The van der Waals surface area contributed by atoms with Gasteiger partial charge in [-0.1, -0.05) is 26.0 Å². The Kier molecular flexibility index (Phi) is 6.05. The van der Waals surface area contributed by atoms with Gasteiger partial charge in [0.1, 0.15) is 0 Å². The van der Waals surface area contributed by atoms with Gasteiger partial charge >= 0.3 is 0 Å². The van der Waals surface area contributed by atoms with Crippen LogP contribution in [0, 0.1) is 0 Å². The number of nitrogens with two attached hydrogens (primary N) is 1. The van der Waals surface area contributed by atoms with Crippen LogP contribution in [0.25, 0.3) is 0 Å². The van der Waals surface area contributed by atoms with Crippen molar-refractivity contribution in [1.82, 2.24) is 5.32 Å². The Bertz CT molecular complexity index is 378. The molecule has 3 nitrogen and oxygen atoms in total. The monoisotopic (exact) mass is 266 g/mol. The Hall–Kier alpha value is -1.16. The summed E-state index contributed by atoms with van der Waals surface area (Å²) in [5.74, 6) is 0.329. The minimum Gasteiger partial charge on any atom is -0.399 e. The van der Waals surface area contributed by atoms with E-state index in [0.717, 1.165) is 17.8 Å². The van der Waals surface area contributed by atoms with Crippen molar-refractivity contribution in [3.63, 3.8) is 0 Å². The fraction of sp³-hybridized carbons (Fsp3) is 0.500. The van der Waals surface area contributed by atoms with E-state index in [-0.39, 0.29) is 11.8 Å². The number of benzene rings is 1. The molecule has 2 atom stereocenters. The van der Waals surface area contributed by atoms with Crippen LogP contribution in [0.1, 0.15) is 31.7 Å². The van der Waals surface area contributed by atoms with Gasteiger partial charge in [0.25, 0.3) is 0 Å². The van der Waals surface area contributed by atoms with Gasteiger partial charge in [-0.25, -0.2) is 0 Å². The van der Waals surface area contributed by atoms with E-state index in [0.29, 0.717) is 11.7 Å². The van der Waals surface area contributed by atoms with Crippen LogP contribution in [0.2, 0.25) is 0 Å². The molecule has 0 aliphatic rings. The Morgan fingerprint density at radius 1 is 1.33 bits per heavy atom. The summed E-state index contributed by atoms with van der Waals surface area (Å²) >= 11 is 1.76. The van der Waals surface area contributed by atoms with Gasteiger partial charge in [-0.05, 0) is 29.9 Å². The highest BCUT2D eigenvalue weighted by molar-refractivity contribution is 7.99. The first-order valence-corrected chi connectivity index (χ1v) is 7.46. The molecule has 0 aliphatic heterocycles. The Labute approximate surface area is 114 Å². The fourth-order valence-electron chi connectivity index (χ4n) is 1.63. The molecule has 18 heavy (non-hydrogen) atoms. The summed E-state index contributed by atoms with van der Waals surface area (Å²) in [5.41, 5.74) is 7.55. The van der Waals surface area contributed by atoms with Crippen LogP contribution in [0.15, 0.2) is 24.3 Å². The number of carbonyl (C=O) groups is 1. The highest BCUT2D eigenvalue weighted by atomic mass is 32.2. The van der Waals surface area contributed by atoms with Crippen molar-refractivity contribution in [1.29, 1.82) is 0 Å². The lowest BCUT2D eigenvalue weighted by molar-refractivity contribution is -0.121. The number of rotatable bonds is 6. The summed E-state index contributed by atoms with van der Waals surface area (Å²) in [6.45, 7) is 4.89. The zero-order valence-corrected chi connectivity index (χ0v) is 12.1. The third kappa shape index (κ3) is 5.00. The maximum atomic E-state index is 11.8. The number of amides is 1. The summed E-state index contributed by atoms with van der Waals surface area (Å²) in [6.07, 6.45) is 2.57. The number of hydrogen-bond acceptors (Lipinski definition) is 3. The van der Waals surface area contributed by atoms with Crippen molar-refractivity contribution in [2.45, 2.75) is 31.4 Å². The quantitative estimate of drug-likeness (QED) is 0.778. The van der Waals surface area contributed by atoms with E-state index in [2.05, 4.69) is 19.2 Å². The van der Waals surface area contributed by atoms with Crippen LogP contribution in [0.3, 0.4) is 0 Å². The molecule has 0 saturated heterocycles. The zero-order valence-electron chi connectivity index (χ0n) is 11.3. The lowest BCUT2D eigenvalue weighted by atomic mass is 9.97. The van der Waals surface area contributed by atoms with E-state index in [1.54, 1.807) is 11.8 Å². The third-order valence-corrected chi connectivity index (χ3v) is 3.96. The largest absolute Gasteiger partial charge is 0.399 e. The van der Waals surface area contributed by atoms with E-state index in [1.165, 1.54) is 0 Å². The number of carbonyl (C=O) groups excluding carboxylic acids is 1. The van der Waals surface area contributed by atoms with Gasteiger partial charge in [-0.2, -0.15) is 11.8 Å². The molecule has 0 radical (unpaired) electrons. The Morgan fingerprint density at radius 3 is 2.50 bits per heavy atom. The number of nitrogens with one attached hydrogen (secondary N) is 1. The van der Waals surface area contributed by atoms with E-state index in [4.69, 9.17) is 5.73 Å². The van der Waals surface area contributed by atoms with Crippen LogP contribution in [0.4, 0.5) is 5.69 Å². The molecule has 0 fully saturated rings. The fourth-order valence-corrected chi connectivity index (χ4v) is 1.88. The van der Waals surface area contributed by atoms with Crippen molar-refractivity contribution in [3.8, 4) is 0 Å². The lowest BCUT2D eigenvalue weighted by Crippen LogP contribution is -2.30. The maximum Gasteiger partial charge on any atom is 0.220 e. The molecule has 0 spiro atoms. The minimum atomic E-state index is 0.111. The van der Waals surface area contributed by atoms with Gasteiger partial charge in [-0.15, -0.1) is 0 Å². The first-order chi connectivity index (χ1) is 8.52. The molecular formula is C14H22N2OS. The molecule has 0 bridgehead atoms. The van der Waals surface area contributed by atoms with Gasteiger partial charge in [0.2, 0.25) is 5.91 Å². The van der Waals surface area contributed by atoms with E-state index < -0.39 is 0 Å². The van der Waals surface area contributed by atoms with Crippen molar-refractivity contribution >= 4 is 23.4 Å². The SMILES string of the molecule is CSC(C)CNC(=O)CC(C)c1ccc(N)cc1. The first kappa shape index (κ1) is 14.9. The summed E-state index contributed by atoms with van der Waals surface area (Å²) < 4.78 is 0. The molecule has 0 heterocycles. The van der Waals surface area contributed by atoms with Crippen LogP contribution in [-0.2, 0) is 4.79 Å². The van der Waals surface area contributed by atoms with Crippen LogP contribution in [0.5, 0.6) is 0 Å². The summed E-state index contributed by atoms with van der Waals surface area (Å²) in [5, 5.41) is 3.42. The third-order valence-electron chi connectivity index (χ3n) is 2.99. The second kappa shape index (κ2) is 7.31. The number of hydrogen-bond donors (Lipinski definition) is 2. The van der Waals surface area contributed by atoms with Gasteiger partial charge < -0.3 is 11.1 Å². The number of anilines is 1. The molecule has 0 aromatic heterocycles. The molecule has 100 valence electrons. The zero-order chi connectivity index (χ0) is 13.5. The number of nitrogen functional groups attached to an aromatic ring is 1. The summed E-state index contributed by atoms with van der Waals surface area (Å²) in [7, 11) is 0. The molecule has 2 unspecified atom stereocenters. The van der Waals surface area contributed by atoms with Gasteiger partial charge in [0.15, 0.2) is 0 Å². The van der Waals surface area contributed by atoms with Crippen molar-refractivity contribution < 1.29 is 4.79 Å². The van der Waals surface area contributed by atoms with E-state index >= 15 is 0 Å². The molecule has 1 aromatic rings. The minimum absolute atomic E-state index is 0.111. The van der Waals surface area contributed by atoms with Crippen molar-refractivity contribution in [2.75, 3.05) is 18.5 Å².